The van der Waals surface area contributed by atoms with Crippen LogP contribution >= 0.6 is 0 Å². The van der Waals surface area contributed by atoms with Crippen LogP contribution in [0.2, 0.25) is 0 Å². The first-order chi connectivity index (χ1) is 15.5. The third kappa shape index (κ3) is 3.69. The maximum absolute atomic E-state index is 12.8. The molecule has 0 amide bonds. The summed E-state index contributed by atoms with van der Waals surface area (Å²) in [5, 5.41) is 0. The lowest BCUT2D eigenvalue weighted by Gasteiger charge is -2.22. The zero-order valence-corrected chi connectivity index (χ0v) is 17.6. The van der Waals surface area contributed by atoms with E-state index in [-0.39, 0.29) is 17.6 Å². The molecule has 0 aliphatic carbocycles. The van der Waals surface area contributed by atoms with Gasteiger partial charge in [0.05, 0.1) is 11.1 Å². The van der Waals surface area contributed by atoms with Gasteiger partial charge in [-0.2, -0.15) is 0 Å². The van der Waals surface area contributed by atoms with Crippen LogP contribution in [0.5, 0.6) is 17.2 Å². The molecule has 0 N–H and O–H groups in total. The Balaban J connectivity index is 1.38. The van der Waals surface area contributed by atoms with Crippen LogP contribution in [0.3, 0.4) is 0 Å². The molecule has 3 aromatic rings. The van der Waals surface area contributed by atoms with Gasteiger partial charge < -0.3 is 14.2 Å². The highest BCUT2D eigenvalue weighted by molar-refractivity contribution is 6.12. The van der Waals surface area contributed by atoms with E-state index in [0.717, 1.165) is 22.4 Å². The van der Waals surface area contributed by atoms with Crippen LogP contribution in [0.4, 0.5) is 0 Å². The quantitative estimate of drug-likeness (QED) is 0.314. The molecule has 0 fully saturated rings. The summed E-state index contributed by atoms with van der Waals surface area (Å²) in [7, 11) is 0. The van der Waals surface area contributed by atoms with Crippen molar-refractivity contribution in [2.24, 2.45) is 0 Å². The van der Waals surface area contributed by atoms with Crippen LogP contribution in [-0.2, 0) is 0 Å². The maximum Gasteiger partial charge on any atom is 0.343 e. The number of Topliss-reactive ketones (excluding diaryl/α,β-unsaturated/α-hetero) is 1. The summed E-state index contributed by atoms with van der Waals surface area (Å²) in [6, 6.07) is 19.6. The van der Waals surface area contributed by atoms with E-state index in [1.54, 1.807) is 36.4 Å². The molecule has 1 atom stereocenters. The van der Waals surface area contributed by atoms with E-state index in [1.165, 1.54) is 0 Å². The fourth-order valence-electron chi connectivity index (χ4n) is 3.66. The fraction of sp³-hybridized carbons (Fsp3) is 0.111. The molecule has 3 aromatic carbocycles. The Labute approximate surface area is 185 Å². The molecule has 0 radical (unpaired) electrons. The number of benzene rings is 3. The molecule has 0 saturated heterocycles. The molecule has 5 rings (SSSR count). The number of esters is 1. The van der Waals surface area contributed by atoms with Crippen LogP contribution in [0.25, 0.3) is 6.08 Å². The van der Waals surface area contributed by atoms with E-state index in [1.807, 2.05) is 56.3 Å². The Morgan fingerprint density at radius 3 is 2.59 bits per heavy atom. The van der Waals surface area contributed by atoms with Gasteiger partial charge in [-0.25, -0.2) is 4.79 Å². The third-order valence-corrected chi connectivity index (χ3v) is 5.45. The Hall–Kier alpha value is -4.12. The number of allylic oxidation sites excluding steroid dienone is 1. The highest BCUT2D eigenvalue weighted by Crippen LogP contribution is 2.36. The van der Waals surface area contributed by atoms with Crippen molar-refractivity contribution in [2.75, 3.05) is 0 Å². The summed E-state index contributed by atoms with van der Waals surface area (Å²) in [5.74, 6) is 1.00. The molecule has 158 valence electrons. The van der Waals surface area contributed by atoms with E-state index in [2.05, 4.69) is 0 Å². The number of fused-ring (bicyclic) bond motifs is 2. The minimum atomic E-state index is -0.470. The van der Waals surface area contributed by atoms with Crippen LogP contribution in [0.15, 0.2) is 84.1 Å². The van der Waals surface area contributed by atoms with Crippen LogP contribution in [0.1, 0.15) is 38.8 Å². The van der Waals surface area contributed by atoms with Crippen molar-refractivity contribution in [1.29, 1.82) is 0 Å². The van der Waals surface area contributed by atoms with Gasteiger partial charge >= 0.3 is 5.97 Å². The number of carbonyl (C=O) groups is 2. The Morgan fingerprint density at radius 1 is 1.00 bits per heavy atom. The van der Waals surface area contributed by atoms with Crippen LogP contribution < -0.4 is 14.2 Å². The Kier molecular flexibility index (Phi) is 4.86. The van der Waals surface area contributed by atoms with Crippen molar-refractivity contribution in [3.05, 3.63) is 106 Å². The van der Waals surface area contributed by atoms with Gasteiger partial charge in [0.1, 0.15) is 23.4 Å². The van der Waals surface area contributed by atoms with Crippen molar-refractivity contribution in [1.82, 2.24) is 0 Å². The molecule has 0 saturated carbocycles. The average molecular weight is 424 g/mol. The van der Waals surface area contributed by atoms with Gasteiger partial charge in [0.25, 0.3) is 0 Å². The number of carbonyl (C=O) groups excluding carboxylic acids is 2. The van der Waals surface area contributed by atoms with Gasteiger partial charge in [0.2, 0.25) is 5.78 Å². The standard InChI is InChI=1S/C27H20O5/c1-16-7-9-18(10-8-16)27(29)31-21-11-12-22-24(15-21)32-25(26(22)28)14-20-13-19-5-3-4-6-23(19)30-17(20)2/h3-15,17H,1-2H3/t17-/m0/s1. The second-order valence-electron chi connectivity index (χ2n) is 7.80. The molecule has 0 aromatic heterocycles. The number of para-hydroxylation sites is 1. The zero-order valence-electron chi connectivity index (χ0n) is 17.6. The Morgan fingerprint density at radius 2 is 1.78 bits per heavy atom. The van der Waals surface area contributed by atoms with E-state index < -0.39 is 5.97 Å². The number of ether oxygens (including phenoxy) is 3. The number of ketones is 1. The predicted octanol–water partition coefficient (Wildman–Crippen LogP) is 5.54. The number of rotatable bonds is 3. The molecule has 0 spiro atoms. The molecule has 2 aliphatic rings. The average Bonchev–Trinajstić information content (AvgIpc) is 3.09. The van der Waals surface area contributed by atoms with Crippen molar-refractivity contribution < 1.29 is 23.8 Å². The van der Waals surface area contributed by atoms with Gasteiger partial charge in [-0.1, -0.05) is 35.9 Å². The minimum absolute atomic E-state index is 0.211. The molecule has 0 bridgehead atoms. The highest BCUT2D eigenvalue weighted by atomic mass is 16.5. The first-order valence-corrected chi connectivity index (χ1v) is 10.3. The SMILES string of the molecule is Cc1ccc(C(=O)Oc2ccc3c(c2)OC(=CC2=Cc4ccccc4O[C@H]2C)C3=O)cc1. The van der Waals surface area contributed by atoms with Gasteiger partial charge in [-0.05, 0) is 61.9 Å². The molecule has 2 aliphatic heterocycles. The van der Waals surface area contributed by atoms with Gasteiger partial charge in [-0.3, -0.25) is 4.79 Å². The largest absolute Gasteiger partial charge is 0.485 e. The number of hydrogen-bond acceptors (Lipinski definition) is 5. The molecule has 0 unspecified atom stereocenters. The second-order valence-corrected chi connectivity index (χ2v) is 7.80. The first-order valence-electron chi connectivity index (χ1n) is 10.3. The van der Waals surface area contributed by atoms with Crippen molar-refractivity contribution in [3.8, 4) is 17.2 Å². The van der Waals surface area contributed by atoms with Gasteiger partial charge in [0, 0.05) is 11.6 Å². The van der Waals surface area contributed by atoms with Crippen LogP contribution in [-0.4, -0.2) is 17.9 Å². The van der Waals surface area contributed by atoms with Gasteiger partial charge in [-0.15, -0.1) is 0 Å². The van der Waals surface area contributed by atoms with Crippen LogP contribution in [0, 0.1) is 6.92 Å². The maximum atomic E-state index is 12.8. The summed E-state index contributed by atoms with van der Waals surface area (Å²) < 4.78 is 17.2. The number of hydrogen-bond donors (Lipinski definition) is 0. The van der Waals surface area contributed by atoms with Gasteiger partial charge in [0.15, 0.2) is 5.76 Å². The lowest BCUT2D eigenvalue weighted by Crippen LogP contribution is -2.18. The summed E-state index contributed by atoms with van der Waals surface area (Å²) in [6.07, 6.45) is 3.48. The lowest BCUT2D eigenvalue weighted by atomic mass is 10.0. The summed E-state index contributed by atoms with van der Waals surface area (Å²) >= 11 is 0. The van der Waals surface area contributed by atoms with E-state index in [4.69, 9.17) is 14.2 Å². The van der Waals surface area contributed by atoms with Crippen molar-refractivity contribution >= 4 is 17.8 Å². The normalized spacial score (nSPS) is 17.7. The van der Waals surface area contributed by atoms with E-state index in [9.17, 15) is 9.59 Å². The predicted molar refractivity (Wildman–Crippen MR) is 120 cm³/mol. The Bertz CT molecular complexity index is 1300. The smallest absolute Gasteiger partial charge is 0.343 e. The van der Waals surface area contributed by atoms with Crippen molar-refractivity contribution in [3.63, 3.8) is 0 Å². The number of aryl methyl sites for hydroxylation is 1. The molecule has 32 heavy (non-hydrogen) atoms. The van der Waals surface area contributed by atoms with E-state index in [0.29, 0.717) is 22.6 Å². The second kappa shape index (κ2) is 7.85. The fourth-order valence-corrected chi connectivity index (χ4v) is 3.66. The molecule has 5 nitrogen and oxygen atoms in total. The topological polar surface area (TPSA) is 61.8 Å². The van der Waals surface area contributed by atoms with Crippen molar-refractivity contribution in [2.45, 2.75) is 20.0 Å². The lowest BCUT2D eigenvalue weighted by molar-refractivity contribution is 0.0734. The zero-order chi connectivity index (χ0) is 22.2. The molecular weight excluding hydrogens is 404 g/mol. The third-order valence-electron chi connectivity index (χ3n) is 5.45. The first kappa shape index (κ1) is 19.8. The molecule has 5 heteroatoms. The summed E-state index contributed by atoms with van der Waals surface area (Å²) in [6.45, 7) is 3.87. The summed E-state index contributed by atoms with van der Waals surface area (Å²) in [4.78, 5) is 25.2. The summed E-state index contributed by atoms with van der Waals surface area (Å²) in [5.41, 5.74) is 3.72. The van der Waals surface area contributed by atoms with E-state index >= 15 is 0 Å². The highest BCUT2D eigenvalue weighted by Gasteiger charge is 2.29. The molecule has 2 heterocycles. The minimum Gasteiger partial charge on any atom is -0.485 e. The molecular formula is C27H20O5. The monoisotopic (exact) mass is 424 g/mol.